The monoisotopic (exact) mass is 284 g/mol. The zero-order chi connectivity index (χ0) is 12.6. The van der Waals surface area contributed by atoms with Gasteiger partial charge in [-0.2, -0.15) is 13.2 Å². The van der Waals surface area contributed by atoms with Gasteiger partial charge in [0.2, 0.25) is 0 Å². The van der Waals surface area contributed by atoms with Crippen LogP contribution >= 0.6 is 23.2 Å². The van der Waals surface area contributed by atoms with Crippen molar-refractivity contribution in [3.05, 3.63) is 28.0 Å². The van der Waals surface area contributed by atoms with Gasteiger partial charge in [-0.05, 0) is 6.07 Å². The minimum Gasteiger partial charge on any atom is -0.298 e. The van der Waals surface area contributed by atoms with Crippen molar-refractivity contribution in [2.75, 3.05) is 13.1 Å². The minimum absolute atomic E-state index is 0.0163. The van der Waals surface area contributed by atoms with E-state index in [9.17, 15) is 13.2 Å². The zero-order valence-corrected chi connectivity index (χ0v) is 10.1. The maximum absolute atomic E-state index is 12.3. The topological polar surface area (TPSA) is 16.1 Å². The Labute approximate surface area is 106 Å². The first-order chi connectivity index (χ1) is 7.86. The second-order valence-electron chi connectivity index (χ2n) is 4.03. The maximum Gasteiger partial charge on any atom is 0.394 e. The molecule has 1 aliphatic heterocycles. The fourth-order valence-corrected chi connectivity index (χ4v) is 2.12. The lowest BCUT2D eigenvalue weighted by Gasteiger charge is -2.40. The average molecular weight is 285 g/mol. The first-order valence-electron chi connectivity index (χ1n) is 4.95. The molecule has 0 aromatic carbocycles. The van der Waals surface area contributed by atoms with Gasteiger partial charge < -0.3 is 0 Å². The second-order valence-corrected chi connectivity index (χ2v) is 4.83. The number of alkyl halides is 3. The third kappa shape index (κ3) is 3.03. The Morgan fingerprint density at radius 3 is 2.53 bits per heavy atom. The van der Waals surface area contributed by atoms with Gasteiger partial charge in [-0.25, -0.2) is 4.98 Å². The highest BCUT2D eigenvalue weighted by Gasteiger charge is 2.46. The summed E-state index contributed by atoms with van der Waals surface area (Å²) in [6.07, 6.45) is -2.61. The standard InChI is InChI=1S/C10H9Cl2F3N2/c11-8-1-9(12)16-2-6(8)3-17-4-7(5-17)10(13,14)15/h1-2,7H,3-5H2. The highest BCUT2D eigenvalue weighted by atomic mass is 35.5. The molecule has 0 spiro atoms. The number of pyridine rings is 1. The molecule has 0 N–H and O–H groups in total. The average Bonchev–Trinajstić information content (AvgIpc) is 2.11. The largest absolute Gasteiger partial charge is 0.394 e. The Kier molecular flexibility index (Phi) is 3.52. The van der Waals surface area contributed by atoms with Crippen LogP contribution in [0.15, 0.2) is 12.3 Å². The van der Waals surface area contributed by atoms with E-state index in [1.807, 2.05) is 0 Å². The maximum atomic E-state index is 12.3. The fourth-order valence-electron chi connectivity index (χ4n) is 1.70. The highest BCUT2D eigenvalue weighted by Crippen LogP contribution is 2.34. The molecule has 2 heterocycles. The third-order valence-corrected chi connectivity index (χ3v) is 3.27. The number of hydrogen-bond acceptors (Lipinski definition) is 2. The van der Waals surface area contributed by atoms with Gasteiger partial charge in [0, 0.05) is 36.4 Å². The molecule has 94 valence electrons. The van der Waals surface area contributed by atoms with Gasteiger partial charge in [0.1, 0.15) is 5.15 Å². The Hall–Kier alpha value is -0.520. The van der Waals surface area contributed by atoms with Crippen LogP contribution in [0.3, 0.4) is 0 Å². The van der Waals surface area contributed by atoms with E-state index in [2.05, 4.69) is 4.98 Å². The van der Waals surface area contributed by atoms with Gasteiger partial charge in [0.25, 0.3) is 0 Å². The van der Waals surface area contributed by atoms with E-state index >= 15 is 0 Å². The molecule has 0 amide bonds. The van der Waals surface area contributed by atoms with E-state index in [1.54, 1.807) is 4.90 Å². The van der Waals surface area contributed by atoms with Crippen molar-refractivity contribution in [1.29, 1.82) is 0 Å². The van der Waals surface area contributed by atoms with Crippen molar-refractivity contribution >= 4 is 23.2 Å². The van der Waals surface area contributed by atoms with Crippen LogP contribution in [0.4, 0.5) is 13.2 Å². The number of rotatable bonds is 2. The summed E-state index contributed by atoms with van der Waals surface area (Å²) in [6.45, 7) is 0.403. The molecule has 0 saturated carbocycles. The van der Waals surface area contributed by atoms with Crippen LogP contribution in [-0.2, 0) is 6.54 Å². The first kappa shape index (κ1) is 12.9. The molecule has 1 aromatic heterocycles. The van der Waals surface area contributed by atoms with E-state index in [4.69, 9.17) is 23.2 Å². The van der Waals surface area contributed by atoms with Gasteiger partial charge in [0.15, 0.2) is 0 Å². The molecule has 0 bridgehead atoms. The normalized spacial score (nSPS) is 18.2. The summed E-state index contributed by atoms with van der Waals surface area (Å²) >= 11 is 11.5. The van der Waals surface area contributed by atoms with Gasteiger partial charge in [-0.15, -0.1) is 0 Å². The summed E-state index contributed by atoms with van der Waals surface area (Å²) in [4.78, 5) is 5.53. The van der Waals surface area contributed by atoms with E-state index in [0.29, 0.717) is 17.1 Å². The summed E-state index contributed by atoms with van der Waals surface area (Å²) in [6, 6.07) is 1.49. The molecule has 0 atom stereocenters. The number of aromatic nitrogens is 1. The van der Waals surface area contributed by atoms with Crippen LogP contribution in [-0.4, -0.2) is 29.1 Å². The third-order valence-electron chi connectivity index (χ3n) is 2.71. The summed E-state index contributed by atoms with van der Waals surface area (Å²) < 4.78 is 36.8. The lowest BCUT2D eigenvalue weighted by atomic mass is 9.99. The summed E-state index contributed by atoms with van der Waals surface area (Å²) in [7, 11) is 0. The molecule has 2 nitrogen and oxygen atoms in total. The molecule has 1 fully saturated rings. The molecule has 2 rings (SSSR count). The predicted molar refractivity (Wildman–Crippen MR) is 59.1 cm³/mol. The van der Waals surface area contributed by atoms with Crippen LogP contribution in [0.5, 0.6) is 0 Å². The minimum atomic E-state index is -4.10. The van der Waals surface area contributed by atoms with Crippen molar-refractivity contribution in [1.82, 2.24) is 9.88 Å². The second kappa shape index (κ2) is 4.63. The molecule has 1 aromatic rings. The lowest BCUT2D eigenvalue weighted by Crippen LogP contribution is -2.52. The summed E-state index contributed by atoms with van der Waals surface area (Å²) in [5.74, 6) is -1.22. The molecule has 0 aliphatic carbocycles. The predicted octanol–water partition coefficient (Wildman–Crippen LogP) is 3.38. The lowest BCUT2D eigenvalue weighted by molar-refractivity contribution is -0.210. The van der Waals surface area contributed by atoms with Crippen LogP contribution < -0.4 is 0 Å². The fraction of sp³-hybridized carbons (Fsp3) is 0.500. The van der Waals surface area contributed by atoms with Crippen molar-refractivity contribution in [3.63, 3.8) is 0 Å². The van der Waals surface area contributed by atoms with E-state index in [-0.39, 0.29) is 18.2 Å². The molecular weight excluding hydrogens is 276 g/mol. The highest BCUT2D eigenvalue weighted by molar-refractivity contribution is 6.34. The molecule has 1 aliphatic rings. The Balaban J connectivity index is 1.92. The number of hydrogen-bond donors (Lipinski definition) is 0. The molecule has 0 radical (unpaired) electrons. The summed E-state index contributed by atoms with van der Waals surface area (Å²) in [5, 5.41) is 0.705. The van der Waals surface area contributed by atoms with E-state index in [1.165, 1.54) is 12.3 Å². The molecule has 17 heavy (non-hydrogen) atoms. The Morgan fingerprint density at radius 2 is 2.00 bits per heavy atom. The van der Waals surface area contributed by atoms with Crippen LogP contribution in [0.2, 0.25) is 10.2 Å². The van der Waals surface area contributed by atoms with Gasteiger partial charge in [-0.1, -0.05) is 23.2 Å². The van der Waals surface area contributed by atoms with E-state index in [0.717, 1.165) is 0 Å². The number of halogens is 5. The molecule has 7 heteroatoms. The molecule has 1 saturated heterocycles. The summed E-state index contributed by atoms with van der Waals surface area (Å²) in [5.41, 5.74) is 0.691. The van der Waals surface area contributed by atoms with Crippen molar-refractivity contribution in [3.8, 4) is 0 Å². The Morgan fingerprint density at radius 1 is 1.35 bits per heavy atom. The van der Waals surface area contributed by atoms with Crippen molar-refractivity contribution in [2.45, 2.75) is 12.7 Å². The molecule has 0 unspecified atom stereocenters. The SMILES string of the molecule is FC(F)(F)C1CN(Cc2cnc(Cl)cc2Cl)C1. The van der Waals surface area contributed by atoms with Crippen LogP contribution in [0.1, 0.15) is 5.56 Å². The van der Waals surface area contributed by atoms with Gasteiger partial charge >= 0.3 is 6.18 Å². The van der Waals surface area contributed by atoms with Gasteiger partial charge in [-0.3, -0.25) is 4.90 Å². The molecular formula is C10H9Cl2F3N2. The smallest absolute Gasteiger partial charge is 0.298 e. The Bertz CT molecular complexity index is 417. The van der Waals surface area contributed by atoms with Gasteiger partial charge in [0.05, 0.1) is 5.92 Å². The van der Waals surface area contributed by atoms with Crippen molar-refractivity contribution < 1.29 is 13.2 Å². The first-order valence-corrected chi connectivity index (χ1v) is 5.71. The van der Waals surface area contributed by atoms with E-state index < -0.39 is 12.1 Å². The van der Waals surface area contributed by atoms with Crippen molar-refractivity contribution in [2.24, 2.45) is 5.92 Å². The number of nitrogens with zero attached hydrogens (tertiary/aromatic N) is 2. The zero-order valence-electron chi connectivity index (χ0n) is 8.64. The van der Waals surface area contributed by atoms with Crippen LogP contribution in [0, 0.1) is 5.92 Å². The van der Waals surface area contributed by atoms with Crippen LogP contribution in [0.25, 0.3) is 0 Å². The number of likely N-dealkylation sites (tertiary alicyclic amines) is 1. The quantitative estimate of drug-likeness (QED) is 0.774.